The average molecular weight is 202 g/mol. The second kappa shape index (κ2) is 4.39. The normalized spacial score (nSPS) is 9.54. The minimum Gasteiger partial charge on any atom is -1.00 e. The molecule has 0 bridgehead atoms. The maximum Gasteiger partial charge on any atom is 1.00 e. The number of hydrogen-bond acceptors (Lipinski definition) is 3. The van der Waals surface area contributed by atoms with Crippen LogP contribution in [0.3, 0.4) is 0 Å². The van der Waals surface area contributed by atoms with Crippen LogP contribution < -0.4 is 57.0 Å². The zero-order valence-electron chi connectivity index (χ0n) is 8.15. The van der Waals surface area contributed by atoms with Crippen LogP contribution in [0.25, 0.3) is 11.0 Å². The van der Waals surface area contributed by atoms with Crippen LogP contribution in [0.5, 0.6) is 5.75 Å². The molecular formula is C9H7KO3. The van der Waals surface area contributed by atoms with E-state index in [1.807, 2.05) is 0 Å². The Morgan fingerprint density at radius 1 is 1.23 bits per heavy atom. The smallest absolute Gasteiger partial charge is 1.00 e. The molecular weight excluding hydrogens is 195 g/mol. The van der Waals surface area contributed by atoms with Gasteiger partial charge in [-0.15, -0.1) is 0 Å². The van der Waals surface area contributed by atoms with Gasteiger partial charge in [-0.2, -0.15) is 0 Å². The van der Waals surface area contributed by atoms with Crippen molar-refractivity contribution >= 4 is 11.0 Å². The fourth-order valence-electron chi connectivity index (χ4n) is 1.05. The second-order valence-electron chi connectivity index (χ2n) is 2.48. The predicted octanol–water partition coefficient (Wildman–Crippen LogP) is -1.38. The third-order valence-corrected chi connectivity index (χ3v) is 1.61. The number of hydrogen-bond donors (Lipinski definition) is 1. The van der Waals surface area contributed by atoms with Crippen molar-refractivity contribution in [3.8, 4) is 5.75 Å². The maximum atomic E-state index is 10.7. The van der Waals surface area contributed by atoms with Crippen molar-refractivity contribution in [2.45, 2.75) is 0 Å². The minimum absolute atomic E-state index is 0. The fourth-order valence-corrected chi connectivity index (χ4v) is 1.05. The Bertz CT molecular complexity index is 481. The predicted molar refractivity (Wildman–Crippen MR) is 45.3 cm³/mol. The van der Waals surface area contributed by atoms with E-state index in [4.69, 9.17) is 9.52 Å². The van der Waals surface area contributed by atoms with Crippen molar-refractivity contribution in [2.24, 2.45) is 0 Å². The van der Waals surface area contributed by atoms with E-state index in [2.05, 4.69) is 0 Å². The van der Waals surface area contributed by atoms with Crippen LogP contribution in [-0.2, 0) is 0 Å². The SMILES string of the molecule is O=c1ccc2ccc(O)cc2o1.[H-].[K+]. The van der Waals surface area contributed by atoms with Crippen LogP contribution in [0.2, 0.25) is 0 Å². The number of phenols is 1. The van der Waals surface area contributed by atoms with E-state index >= 15 is 0 Å². The Morgan fingerprint density at radius 3 is 2.69 bits per heavy atom. The third kappa shape index (κ3) is 2.42. The topological polar surface area (TPSA) is 50.4 Å². The van der Waals surface area contributed by atoms with Crippen molar-refractivity contribution in [3.05, 3.63) is 40.8 Å². The molecule has 0 saturated heterocycles. The number of rotatable bonds is 0. The molecule has 13 heavy (non-hydrogen) atoms. The Kier molecular flexibility index (Phi) is 3.70. The Balaban J connectivity index is 0.000000845. The molecule has 0 radical (unpaired) electrons. The molecule has 0 amide bonds. The van der Waals surface area contributed by atoms with Gasteiger partial charge in [0.1, 0.15) is 11.3 Å². The number of phenolic OH excluding ortho intramolecular Hbond substituents is 1. The molecule has 1 aromatic heterocycles. The summed E-state index contributed by atoms with van der Waals surface area (Å²) in [5.74, 6) is 0.0943. The quantitative estimate of drug-likeness (QED) is 0.423. The van der Waals surface area contributed by atoms with Crippen molar-refractivity contribution in [1.82, 2.24) is 0 Å². The summed E-state index contributed by atoms with van der Waals surface area (Å²) in [7, 11) is 0. The third-order valence-electron chi connectivity index (χ3n) is 1.61. The molecule has 4 heteroatoms. The van der Waals surface area contributed by atoms with Crippen molar-refractivity contribution < 1.29 is 62.3 Å². The first-order valence-corrected chi connectivity index (χ1v) is 3.48. The van der Waals surface area contributed by atoms with Gasteiger partial charge in [-0.3, -0.25) is 0 Å². The van der Waals surface area contributed by atoms with E-state index in [1.165, 1.54) is 12.1 Å². The standard InChI is InChI=1S/C9H6O3.K.H/c10-7-3-1-6-2-4-9(11)12-8(6)5-7;;/h1-5,10H;;/q;+1;-1. The maximum absolute atomic E-state index is 10.7. The van der Waals surface area contributed by atoms with Crippen molar-refractivity contribution in [3.63, 3.8) is 0 Å². The molecule has 0 saturated carbocycles. The molecule has 1 N–H and O–H groups in total. The summed E-state index contributed by atoms with van der Waals surface area (Å²) in [4.78, 5) is 10.7. The van der Waals surface area contributed by atoms with Crippen LogP contribution in [0.15, 0.2) is 39.5 Å². The van der Waals surface area contributed by atoms with E-state index in [-0.39, 0.29) is 58.6 Å². The molecule has 62 valence electrons. The van der Waals surface area contributed by atoms with Gasteiger partial charge in [0.25, 0.3) is 0 Å². The van der Waals surface area contributed by atoms with E-state index in [9.17, 15) is 4.79 Å². The number of aromatic hydroxyl groups is 1. The summed E-state index contributed by atoms with van der Waals surface area (Å²) in [6.45, 7) is 0. The Morgan fingerprint density at radius 2 is 1.92 bits per heavy atom. The zero-order valence-corrected chi connectivity index (χ0v) is 10.3. The number of fused-ring (bicyclic) bond motifs is 1. The van der Waals surface area contributed by atoms with E-state index in [0.29, 0.717) is 5.58 Å². The summed E-state index contributed by atoms with van der Waals surface area (Å²) in [6, 6.07) is 7.65. The molecule has 2 aromatic rings. The summed E-state index contributed by atoms with van der Waals surface area (Å²) in [5.41, 5.74) is -0.00407. The number of benzene rings is 1. The first-order valence-electron chi connectivity index (χ1n) is 3.48. The molecule has 0 aliphatic rings. The van der Waals surface area contributed by atoms with Crippen molar-refractivity contribution in [2.75, 3.05) is 0 Å². The molecule has 0 aliphatic heterocycles. The van der Waals surface area contributed by atoms with Gasteiger partial charge >= 0.3 is 57.0 Å². The molecule has 0 aliphatic carbocycles. The van der Waals surface area contributed by atoms with Gasteiger partial charge in [-0.1, -0.05) is 0 Å². The van der Waals surface area contributed by atoms with Gasteiger partial charge in [0.2, 0.25) is 0 Å². The fraction of sp³-hybridized carbons (Fsp3) is 0. The van der Waals surface area contributed by atoms with Gasteiger partial charge in [0.05, 0.1) is 0 Å². The van der Waals surface area contributed by atoms with Crippen molar-refractivity contribution in [1.29, 1.82) is 0 Å². The van der Waals surface area contributed by atoms with Gasteiger partial charge in [0.15, 0.2) is 0 Å². The van der Waals surface area contributed by atoms with Crippen LogP contribution in [-0.4, -0.2) is 5.11 Å². The monoisotopic (exact) mass is 202 g/mol. The molecule has 3 nitrogen and oxygen atoms in total. The molecule has 2 rings (SSSR count). The average Bonchev–Trinajstić information content (AvgIpc) is 2.03. The van der Waals surface area contributed by atoms with Crippen LogP contribution >= 0.6 is 0 Å². The minimum atomic E-state index is -0.409. The molecule has 0 atom stereocenters. The van der Waals surface area contributed by atoms with E-state index < -0.39 is 5.63 Å². The van der Waals surface area contributed by atoms with Gasteiger partial charge in [-0.25, -0.2) is 4.79 Å². The first-order chi connectivity index (χ1) is 5.75. The summed E-state index contributed by atoms with van der Waals surface area (Å²) in [6.07, 6.45) is 0. The summed E-state index contributed by atoms with van der Waals surface area (Å²) >= 11 is 0. The van der Waals surface area contributed by atoms with E-state index in [1.54, 1.807) is 18.2 Å². The van der Waals surface area contributed by atoms with Crippen LogP contribution in [0.4, 0.5) is 0 Å². The van der Waals surface area contributed by atoms with Gasteiger partial charge in [0, 0.05) is 17.5 Å². The zero-order chi connectivity index (χ0) is 8.55. The van der Waals surface area contributed by atoms with E-state index in [0.717, 1.165) is 5.39 Å². The Hall–Kier alpha value is -0.134. The molecule has 1 aromatic carbocycles. The van der Waals surface area contributed by atoms with Gasteiger partial charge < -0.3 is 11.0 Å². The summed E-state index contributed by atoms with van der Waals surface area (Å²) in [5, 5.41) is 9.86. The first kappa shape index (κ1) is 10.9. The molecule has 0 spiro atoms. The van der Waals surface area contributed by atoms with Gasteiger partial charge in [-0.05, 0) is 18.2 Å². The largest absolute Gasteiger partial charge is 1.00 e. The molecule has 0 unspecified atom stereocenters. The molecule has 0 fully saturated rings. The van der Waals surface area contributed by atoms with Crippen LogP contribution in [0, 0.1) is 0 Å². The van der Waals surface area contributed by atoms with Crippen LogP contribution in [0.1, 0.15) is 1.43 Å². The molecule has 1 heterocycles. The summed E-state index contributed by atoms with van der Waals surface area (Å²) < 4.78 is 4.83. The Labute approximate surface area is 118 Å². The second-order valence-corrected chi connectivity index (χ2v) is 2.48.